The molecule has 2 aromatic heterocycles. The van der Waals surface area contributed by atoms with Gasteiger partial charge in [0.05, 0.1) is 30.8 Å². The molecule has 7 nitrogen and oxygen atoms in total. The van der Waals surface area contributed by atoms with Crippen molar-refractivity contribution in [2.24, 2.45) is 7.05 Å². The van der Waals surface area contributed by atoms with Crippen LogP contribution in [0.4, 0.5) is 5.69 Å². The monoisotopic (exact) mass is 431 g/mol. The van der Waals surface area contributed by atoms with Gasteiger partial charge in [0, 0.05) is 30.6 Å². The summed E-state index contributed by atoms with van der Waals surface area (Å²) in [6.07, 6.45) is 1.53. The van der Waals surface area contributed by atoms with Gasteiger partial charge >= 0.3 is 5.97 Å². The zero-order chi connectivity index (χ0) is 22.2. The number of nitrogens with one attached hydrogen (secondary N) is 1. The molecule has 7 heteroatoms. The number of carbonyl (C=O) groups excluding carboxylic acids is 1. The standard InChI is InChI=1S/C25H25N3O4/c1-3-31-23(29)11-17-15-28(14-16-7-5-4-6-8-16)21-13-20-19(12-22(21)32-17)18-9-10-26-25(30)24(18)27(20)2/h4-10,12-13,17H,3,11,14-15H2,1-2H3,(H,26,30). The van der Waals surface area contributed by atoms with E-state index >= 15 is 0 Å². The third-order valence-electron chi connectivity index (χ3n) is 5.97. The first-order valence-electron chi connectivity index (χ1n) is 10.8. The number of aryl methyl sites for hydroxylation is 1. The maximum Gasteiger partial charge on any atom is 0.309 e. The molecule has 32 heavy (non-hydrogen) atoms. The molecule has 0 fully saturated rings. The van der Waals surface area contributed by atoms with Crippen molar-refractivity contribution in [1.82, 2.24) is 9.55 Å². The van der Waals surface area contributed by atoms with Crippen molar-refractivity contribution in [3.8, 4) is 5.75 Å². The molecule has 0 amide bonds. The molecule has 164 valence electrons. The number of H-pyrrole nitrogens is 1. The van der Waals surface area contributed by atoms with Gasteiger partial charge in [0.25, 0.3) is 5.56 Å². The van der Waals surface area contributed by atoms with E-state index in [9.17, 15) is 9.59 Å². The average molecular weight is 431 g/mol. The second kappa shape index (κ2) is 8.07. The van der Waals surface area contributed by atoms with Crippen LogP contribution < -0.4 is 15.2 Å². The summed E-state index contributed by atoms with van der Waals surface area (Å²) in [5.74, 6) is 0.445. The SMILES string of the molecule is CCOC(=O)CC1CN(Cc2ccccc2)c2cc3c(cc2O1)c1cc[nH]c(=O)c1n3C. The van der Waals surface area contributed by atoms with Crippen LogP contribution in [0.3, 0.4) is 0 Å². The number of anilines is 1. The second-order valence-electron chi connectivity index (χ2n) is 8.08. The van der Waals surface area contributed by atoms with E-state index in [1.54, 1.807) is 13.1 Å². The number of carbonyl (C=O) groups is 1. The van der Waals surface area contributed by atoms with E-state index in [2.05, 4.69) is 28.1 Å². The fourth-order valence-electron chi connectivity index (χ4n) is 4.56. The fourth-order valence-corrected chi connectivity index (χ4v) is 4.56. The molecular weight excluding hydrogens is 406 g/mol. The van der Waals surface area contributed by atoms with E-state index in [4.69, 9.17) is 9.47 Å². The van der Waals surface area contributed by atoms with Gasteiger partial charge < -0.3 is 23.9 Å². The highest BCUT2D eigenvalue weighted by atomic mass is 16.5. The minimum absolute atomic E-state index is 0.124. The summed E-state index contributed by atoms with van der Waals surface area (Å²) in [6, 6.07) is 16.2. The average Bonchev–Trinajstić information content (AvgIpc) is 3.06. The topological polar surface area (TPSA) is 76.6 Å². The van der Waals surface area contributed by atoms with Gasteiger partial charge in [-0.1, -0.05) is 30.3 Å². The van der Waals surface area contributed by atoms with Gasteiger partial charge in [0.15, 0.2) is 0 Å². The number of esters is 1. The van der Waals surface area contributed by atoms with E-state index in [1.807, 2.05) is 41.9 Å². The Morgan fingerprint density at radius 1 is 1.19 bits per heavy atom. The summed E-state index contributed by atoms with van der Waals surface area (Å²) in [5.41, 5.74) is 3.58. The van der Waals surface area contributed by atoms with Gasteiger partial charge in [-0.15, -0.1) is 0 Å². The molecule has 1 N–H and O–H groups in total. The molecule has 1 aliphatic heterocycles. The van der Waals surface area contributed by atoms with Crippen LogP contribution in [-0.2, 0) is 23.1 Å². The van der Waals surface area contributed by atoms with E-state index in [1.165, 1.54) is 5.56 Å². The Labute approximate surface area is 185 Å². The molecule has 0 saturated carbocycles. The molecule has 2 aromatic carbocycles. The minimum atomic E-state index is -0.318. The number of nitrogens with zero attached hydrogens (tertiary/aromatic N) is 2. The van der Waals surface area contributed by atoms with Gasteiger partial charge in [-0.3, -0.25) is 9.59 Å². The van der Waals surface area contributed by atoms with E-state index in [0.29, 0.717) is 31.0 Å². The number of hydrogen-bond acceptors (Lipinski definition) is 5. The van der Waals surface area contributed by atoms with Gasteiger partial charge in [-0.2, -0.15) is 0 Å². The number of hydrogen-bond donors (Lipinski definition) is 1. The number of aromatic amines is 1. The fraction of sp³-hybridized carbons (Fsp3) is 0.280. The third kappa shape index (κ3) is 3.49. The predicted molar refractivity (Wildman–Crippen MR) is 124 cm³/mol. The van der Waals surface area contributed by atoms with E-state index in [-0.39, 0.29) is 24.1 Å². The lowest BCUT2D eigenvalue weighted by Gasteiger charge is -2.36. The first kappa shape index (κ1) is 20.2. The van der Waals surface area contributed by atoms with E-state index in [0.717, 1.165) is 22.0 Å². The molecule has 1 aliphatic rings. The Hall–Kier alpha value is -3.74. The Morgan fingerprint density at radius 3 is 2.78 bits per heavy atom. The number of benzene rings is 2. The summed E-state index contributed by atoms with van der Waals surface area (Å²) in [7, 11) is 1.90. The molecule has 1 atom stereocenters. The van der Waals surface area contributed by atoms with Crippen LogP contribution >= 0.6 is 0 Å². The summed E-state index contributed by atoms with van der Waals surface area (Å²) >= 11 is 0. The van der Waals surface area contributed by atoms with Gasteiger partial charge in [-0.25, -0.2) is 0 Å². The van der Waals surface area contributed by atoms with Crippen molar-refractivity contribution in [2.75, 3.05) is 18.1 Å². The first-order valence-corrected chi connectivity index (χ1v) is 10.8. The Bertz CT molecular complexity index is 1360. The molecular formula is C25H25N3O4. The molecule has 0 radical (unpaired) electrons. The summed E-state index contributed by atoms with van der Waals surface area (Å²) in [6.45, 7) is 3.40. The number of rotatable bonds is 5. The van der Waals surface area contributed by atoms with Crippen molar-refractivity contribution in [1.29, 1.82) is 0 Å². The lowest BCUT2D eigenvalue weighted by Crippen LogP contribution is -2.41. The maximum atomic E-state index is 12.5. The number of pyridine rings is 1. The van der Waals surface area contributed by atoms with Crippen LogP contribution in [0.5, 0.6) is 5.75 Å². The highest BCUT2D eigenvalue weighted by Gasteiger charge is 2.29. The molecule has 5 rings (SSSR count). The van der Waals surface area contributed by atoms with Gasteiger partial charge in [0.2, 0.25) is 0 Å². The molecule has 0 spiro atoms. The quantitative estimate of drug-likeness (QED) is 0.487. The van der Waals surface area contributed by atoms with Crippen molar-refractivity contribution >= 4 is 33.5 Å². The van der Waals surface area contributed by atoms with Gasteiger partial charge in [0.1, 0.15) is 17.4 Å². The summed E-state index contributed by atoms with van der Waals surface area (Å²) < 4.78 is 13.4. The molecule has 0 aliphatic carbocycles. The zero-order valence-electron chi connectivity index (χ0n) is 18.1. The van der Waals surface area contributed by atoms with Crippen molar-refractivity contribution in [2.45, 2.75) is 26.0 Å². The van der Waals surface area contributed by atoms with Crippen LogP contribution in [0, 0.1) is 0 Å². The number of fused-ring (bicyclic) bond motifs is 4. The summed E-state index contributed by atoms with van der Waals surface area (Å²) in [5, 5.41) is 1.82. The van der Waals surface area contributed by atoms with Crippen molar-refractivity contribution in [3.63, 3.8) is 0 Å². The minimum Gasteiger partial charge on any atom is -0.486 e. The first-order chi connectivity index (χ1) is 15.5. The Balaban J connectivity index is 1.62. The van der Waals surface area contributed by atoms with Crippen LogP contribution in [0.2, 0.25) is 0 Å². The van der Waals surface area contributed by atoms with E-state index < -0.39 is 0 Å². The van der Waals surface area contributed by atoms with Gasteiger partial charge in [-0.05, 0) is 30.7 Å². The maximum absolute atomic E-state index is 12.5. The lowest BCUT2D eigenvalue weighted by atomic mass is 10.1. The highest BCUT2D eigenvalue weighted by molar-refractivity contribution is 6.09. The molecule has 0 bridgehead atoms. The Morgan fingerprint density at radius 2 is 2.00 bits per heavy atom. The molecule has 0 saturated heterocycles. The predicted octanol–water partition coefficient (Wildman–Crippen LogP) is 3.74. The highest BCUT2D eigenvalue weighted by Crippen LogP contribution is 2.41. The number of aromatic nitrogens is 2. The van der Waals surface area contributed by atoms with Crippen LogP contribution in [0.15, 0.2) is 59.5 Å². The van der Waals surface area contributed by atoms with Crippen molar-refractivity contribution < 1.29 is 14.3 Å². The number of ether oxygens (including phenoxy) is 2. The lowest BCUT2D eigenvalue weighted by molar-refractivity contribution is -0.144. The molecule has 1 unspecified atom stereocenters. The van der Waals surface area contributed by atoms with Crippen molar-refractivity contribution in [3.05, 3.63) is 70.6 Å². The Kier molecular flexibility index (Phi) is 5.09. The zero-order valence-corrected chi connectivity index (χ0v) is 18.1. The van der Waals surface area contributed by atoms with Crippen LogP contribution in [-0.4, -0.2) is 34.8 Å². The van der Waals surface area contributed by atoms with Crippen LogP contribution in [0.1, 0.15) is 18.9 Å². The normalized spacial score (nSPS) is 15.6. The third-order valence-corrected chi connectivity index (χ3v) is 5.97. The summed E-state index contributed by atoms with van der Waals surface area (Å²) in [4.78, 5) is 29.6. The van der Waals surface area contributed by atoms with Crippen LogP contribution in [0.25, 0.3) is 21.8 Å². The largest absolute Gasteiger partial charge is 0.486 e. The second-order valence-corrected chi connectivity index (χ2v) is 8.08. The molecule has 4 aromatic rings. The smallest absolute Gasteiger partial charge is 0.309 e. The molecule has 3 heterocycles.